The van der Waals surface area contributed by atoms with Gasteiger partial charge in [0.05, 0.1) is 0 Å². The Morgan fingerprint density at radius 1 is 1.00 bits per heavy atom. The highest BCUT2D eigenvalue weighted by atomic mass is 32.1. The van der Waals surface area contributed by atoms with Crippen LogP contribution in [0.15, 0.2) is 47.8 Å². The van der Waals surface area contributed by atoms with Crippen LogP contribution in [0.5, 0.6) is 0 Å². The SMILES string of the molecule is Cc1cc(C)cc(C(=O)c2csc3ccccc23)c1. The van der Waals surface area contributed by atoms with Gasteiger partial charge in [0.1, 0.15) is 0 Å². The van der Waals surface area contributed by atoms with E-state index in [4.69, 9.17) is 0 Å². The van der Waals surface area contributed by atoms with E-state index in [0.29, 0.717) is 0 Å². The predicted octanol–water partition coefficient (Wildman–Crippen LogP) is 4.75. The van der Waals surface area contributed by atoms with E-state index in [9.17, 15) is 4.79 Å². The van der Waals surface area contributed by atoms with E-state index in [2.05, 4.69) is 12.1 Å². The number of rotatable bonds is 2. The number of thiophene rings is 1. The normalized spacial score (nSPS) is 10.8. The van der Waals surface area contributed by atoms with Crippen molar-refractivity contribution in [2.24, 2.45) is 0 Å². The van der Waals surface area contributed by atoms with Gasteiger partial charge < -0.3 is 0 Å². The van der Waals surface area contributed by atoms with Gasteiger partial charge in [-0.25, -0.2) is 0 Å². The van der Waals surface area contributed by atoms with Gasteiger partial charge in [0.15, 0.2) is 5.78 Å². The molecule has 0 saturated heterocycles. The number of ketones is 1. The predicted molar refractivity (Wildman–Crippen MR) is 81.2 cm³/mol. The summed E-state index contributed by atoms with van der Waals surface area (Å²) < 4.78 is 1.16. The van der Waals surface area contributed by atoms with Gasteiger partial charge in [0.25, 0.3) is 0 Å². The molecule has 19 heavy (non-hydrogen) atoms. The van der Waals surface area contributed by atoms with Gasteiger partial charge >= 0.3 is 0 Å². The highest BCUT2D eigenvalue weighted by Gasteiger charge is 2.14. The third kappa shape index (κ3) is 2.20. The molecule has 0 fully saturated rings. The first-order valence-electron chi connectivity index (χ1n) is 6.24. The van der Waals surface area contributed by atoms with Crippen LogP contribution in [0.3, 0.4) is 0 Å². The molecule has 0 aliphatic heterocycles. The number of carbonyl (C=O) groups is 1. The molecule has 0 saturated carbocycles. The van der Waals surface area contributed by atoms with E-state index in [0.717, 1.165) is 32.3 Å². The molecule has 0 aliphatic carbocycles. The van der Waals surface area contributed by atoms with Crippen molar-refractivity contribution < 1.29 is 4.79 Å². The van der Waals surface area contributed by atoms with Crippen molar-refractivity contribution in [2.75, 3.05) is 0 Å². The summed E-state index contributed by atoms with van der Waals surface area (Å²) in [6.45, 7) is 4.05. The topological polar surface area (TPSA) is 17.1 Å². The molecule has 1 aromatic heterocycles. The van der Waals surface area contributed by atoms with Gasteiger partial charge in [-0.2, -0.15) is 0 Å². The summed E-state index contributed by atoms with van der Waals surface area (Å²) >= 11 is 1.62. The third-order valence-electron chi connectivity index (χ3n) is 3.21. The van der Waals surface area contributed by atoms with E-state index in [1.165, 1.54) is 0 Å². The molecule has 0 N–H and O–H groups in total. The van der Waals surface area contributed by atoms with Crippen LogP contribution >= 0.6 is 11.3 Å². The van der Waals surface area contributed by atoms with Crippen LogP contribution in [-0.4, -0.2) is 5.78 Å². The number of fused-ring (bicyclic) bond motifs is 1. The second kappa shape index (κ2) is 4.63. The van der Waals surface area contributed by atoms with Gasteiger partial charge in [-0.3, -0.25) is 4.79 Å². The molecule has 0 aliphatic rings. The lowest BCUT2D eigenvalue weighted by atomic mass is 9.99. The molecule has 1 heterocycles. The second-order valence-electron chi connectivity index (χ2n) is 4.85. The zero-order valence-electron chi connectivity index (χ0n) is 10.9. The minimum atomic E-state index is 0.115. The number of hydrogen-bond acceptors (Lipinski definition) is 2. The minimum absolute atomic E-state index is 0.115. The summed E-state index contributed by atoms with van der Waals surface area (Å²) in [6.07, 6.45) is 0. The standard InChI is InChI=1S/C17H14OS/c1-11-7-12(2)9-13(8-11)17(18)15-10-19-16-6-4-3-5-14(15)16/h3-10H,1-2H3. The lowest BCUT2D eigenvalue weighted by Gasteiger charge is -2.03. The molecule has 0 atom stereocenters. The summed E-state index contributed by atoms with van der Waals surface area (Å²) in [7, 11) is 0. The Morgan fingerprint density at radius 2 is 1.68 bits per heavy atom. The first-order chi connectivity index (χ1) is 9.15. The molecule has 1 nitrogen and oxygen atoms in total. The third-order valence-corrected chi connectivity index (χ3v) is 4.17. The fourth-order valence-electron chi connectivity index (χ4n) is 2.41. The zero-order chi connectivity index (χ0) is 13.4. The molecule has 2 heteroatoms. The number of hydrogen-bond donors (Lipinski definition) is 0. The van der Waals surface area contributed by atoms with E-state index in [1.54, 1.807) is 11.3 Å². The molecule has 3 rings (SSSR count). The molecular formula is C17H14OS. The van der Waals surface area contributed by atoms with Gasteiger partial charge in [0, 0.05) is 26.6 Å². The van der Waals surface area contributed by atoms with Gasteiger partial charge in [0.2, 0.25) is 0 Å². The van der Waals surface area contributed by atoms with Crippen molar-refractivity contribution >= 4 is 27.2 Å². The Balaban J connectivity index is 2.13. The fraction of sp³-hybridized carbons (Fsp3) is 0.118. The van der Waals surface area contributed by atoms with Crippen LogP contribution in [0.25, 0.3) is 10.1 Å². The van der Waals surface area contributed by atoms with Gasteiger partial charge in [-0.1, -0.05) is 35.4 Å². The zero-order valence-corrected chi connectivity index (χ0v) is 11.8. The van der Waals surface area contributed by atoms with Gasteiger partial charge in [-0.15, -0.1) is 11.3 Å². The lowest BCUT2D eigenvalue weighted by molar-refractivity contribution is 0.104. The van der Waals surface area contributed by atoms with Crippen LogP contribution in [-0.2, 0) is 0 Å². The highest BCUT2D eigenvalue weighted by molar-refractivity contribution is 7.17. The molecule has 0 unspecified atom stereocenters. The molecule has 0 amide bonds. The Bertz CT molecular complexity index is 748. The van der Waals surface area contributed by atoms with Crippen LogP contribution in [0, 0.1) is 13.8 Å². The number of carbonyl (C=O) groups excluding carboxylic acids is 1. The van der Waals surface area contributed by atoms with Crippen LogP contribution < -0.4 is 0 Å². The average molecular weight is 266 g/mol. The maximum atomic E-state index is 12.6. The molecule has 2 aromatic carbocycles. The Hall–Kier alpha value is -1.93. The first-order valence-corrected chi connectivity index (χ1v) is 7.12. The van der Waals surface area contributed by atoms with E-state index < -0.39 is 0 Å². The highest BCUT2D eigenvalue weighted by Crippen LogP contribution is 2.28. The van der Waals surface area contributed by atoms with E-state index in [1.807, 2.05) is 49.6 Å². The lowest BCUT2D eigenvalue weighted by Crippen LogP contribution is -2.01. The van der Waals surface area contributed by atoms with E-state index >= 15 is 0 Å². The Kier molecular flexibility index (Phi) is 2.96. The Labute approximate surface area is 116 Å². The van der Waals surface area contributed by atoms with Crippen LogP contribution in [0.4, 0.5) is 0 Å². The van der Waals surface area contributed by atoms with Crippen LogP contribution in [0.2, 0.25) is 0 Å². The van der Waals surface area contributed by atoms with Crippen molar-refractivity contribution in [3.63, 3.8) is 0 Å². The molecule has 0 bridgehead atoms. The van der Waals surface area contributed by atoms with Crippen molar-refractivity contribution in [1.82, 2.24) is 0 Å². The maximum absolute atomic E-state index is 12.6. The second-order valence-corrected chi connectivity index (χ2v) is 5.76. The summed E-state index contributed by atoms with van der Waals surface area (Å²) in [5, 5.41) is 3.02. The Morgan fingerprint density at radius 3 is 2.42 bits per heavy atom. The van der Waals surface area contributed by atoms with Crippen molar-refractivity contribution in [3.05, 3.63) is 70.1 Å². The van der Waals surface area contributed by atoms with Crippen molar-refractivity contribution in [1.29, 1.82) is 0 Å². The van der Waals surface area contributed by atoms with E-state index in [-0.39, 0.29) is 5.78 Å². The first kappa shape index (κ1) is 12.1. The number of benzene rings is 2. The fourth-order valence-corrected chi connectivity index (χ4v) is 3.36. The monoisotopic (exact) mass is 266 g/mol. The summed E-state index contributed by atoms with van der Waals surface area (Å²) in [4.78, 5) is 12.6. The molecule has 0 spiro atoms. The van der Waals surface area contributed by atoms with Crippen molar-refractivity contribution in [2.45, 2.75) is 13.8 Å². The quantitative estimate of drug-likeness (QED) is 0.612. The smallest absolute Gasteiger partial charge is 0.194 e. The molecular weight excluding hydrogens is 252 g/mol. The van der Waals surface area contributed by atoms with Gasteiger partial charge in [-0.05, 0) is 32.0 Å². The summed E-state index contributed by atoms with van der Waals surface area (Å²) in [5.74, 6) is 0.115. The summed E-state index contributed by atoms with van der Waals surface area (Å²) in [5.41, 5.74) is 3.84. The maximum Gasteiger partial charge on any atom is 0.194 e. The minimum Gasteiger partial charge on any atom is -0.289 e. The molecule has 3 aromatic rings. The largest absolute Gasteiger partial charge is 0.289 e. The average Bonchev–Trinajstić information content (AvgIpc) is 2.80. The molecule has 94 valence electrons. The molecule has 0 radical (unpaired) electrons. The summed E-state index contributed by atoms with van der Waals surface area (Å²) in [6, 6.07) is 14.1. The van der Waals surface area contributed by atoms with Crippen LogP contribution in [0.1, 0.15) is 27.0 Å². The van der Waals surface area contributed by atoms with Crippen molar-refractivity contribution in [3.8, 4) is 0 Å². The number of aryl methyl sites for hydroxylation is 2.